The fraction of sp³-hybridized carbons (Fsp3) is 0.250. The van der Waals surface area contributed by atoms with E-state index in [0.29, 0.717) is 0 Å². The Morgan fingerprint density at radius 1 is 1.40 bits per heavy atom. The van der Waals surface area contributed by atoms with Crippen LogP contribution in [-0.4, -0.2) is 7.11 Å². The monoisotopic (exact) mass is 136 g/mol. The van der Waals surface area contributed by atoms with Crippen molar-refractivity contribution in [1.29, 1.82) is 0 Å². The molecule has 53 valence electrons. The minimum Gasteiger partial charge on any atom is -0.496 e. The van der Waals surface area contributed by atoms with Crippen LogP contribution in [0.1, 0.15) is 5.56 Å². The smallest absolute Gasteiger partial charge is 0.123 e. The van der Waals surface area contributed by atoms with Crippen LogP contribution in [0.4, 0.5) is 0 Å². The Morgan fingerprint density at radius 2 is 2.10 bits per heavy atom. The molecule has 2 nitrogen and oxygen atoms in total. The van der Waals surface area contributed by atoms with Crippen LogP contribution in [0, 0.1) is 0 Å². The summed E-state index contributed by atoms with van der Waals surface area (Å²) in [6.07, 6.45) is 0. The summed E-state index contributed by atoms with van der Waals surface area (Å²) < 4.78 is 5.02. The molecule has 0 heterocycles. The van der Waals surface area contributed by atoms with Crippen LogP contribution in [0.3, 0.4) is 0 Å². The molecule has 1 aromatic rings. The fourth-order valence-corrected chi connectivity index (χ4v) is 0.849. The molecule has 0 saturated carbocycles. The van der Waals surface area contributed by atoms with Crippen molar-refractivity contribution in [3.8, 4) is 5.75 Å². The lowest BCUT2D eigenvalue weighted by atomic mass is 10.2. The molecule has 1 N–H and O–H groups in total. The van der Waals surface area contributed by atoms with Gasteiger partial charge in [-0.1, -0.05) is 18.2 Å². The Bertz CT molecular complexity index is 187. The fourth-order valence-electron chi connectivity index (χ4n) is 0.849. The number of hydrogen-bond acceptors (Lipinski definition) is 1. The normalized spacial score (nSPS) is 9.40. The minimum atomic E-state index is 0.282. The predicted octanol–water partition coefficient (Wildman–Crippen LogP) is 1.48. The number of nitrogens with one attached hydrogen (secondary N) is 1. The minimum absolute atomic E-state index is 0.282. The Hall–Kier alpha value is -1.02. The Balaban J connectivity index is 2.96. The van der Waals surface area contributed by atoms with Crippen molar-refractivity contribution in [2.75, 3.05) is 7.11 Å². The van der Waals surface area contributed by atoms with Crippen molar-refractivity contribution in [2.24, 2.45) is 0 Å². The number of benzene rings is 1. The van der Waals surface area contributed by atoms with Gasteiger partial charge in [0.15, 0.2) is 0 Å². The standard InChI is InChI=1S/C8H10NO/c1-10-8-5-3-2-4-7(8)6-9/h2-5,9H,6H2,1H3. The van der Waals surface area contributed by atoms with Crippen LogP contribution < -0.4 is 10.5 Å². The molecular formula is C8H10NO. The zero-order valence-corrected chi connectivity index (χ0v) is 5.92. The van der Waals surface area contributed by atoms with Crippen molar-refractivity contribution in [2.45, 2.75) is 6.54 Å². The first-order valence-electron chi connectivity index (χ1n) is 3.15. The number of rotatable bonds is 2. The third-order valence-electron chi connectivity index (χ3n) is 1.38. The van der Waals surface area contributed by atoms with Crippen LogP contribution in [0.2, 0.25) is 0 Å². The summed E-state index contributed by atoms with van der Waals surface area (Å²) in [5.41, 5.74) is 8.04. The first-order chi connectivity index (χ1) is 4.88. The van der Waals surface area contributed by atoms with E-state index in [0.717, 1.165) is 11.3 Å². The highest BCUT2D eigenvalue weighted by molar-refractivity contribution is 5.32. The maximum absolute atomic E-state index is 7.11. The average Bonchev–Trinajstić information content (AvgIpc) is 2.04. The lowest BCUT2D eigenvalue weighted by molar-refractivity contribution is 0.409. The lowest BCUT2D eigenvalue weighted by Gasteiger charge is -2.03. The number of hydrogen-bond donors (Lipinski definition) is 0. The molecule has 0 aliphatic rings. The van der Waals surface area contributed by atoms with E-state index in [1.54, 1.807) is 7.11 Å². The SMILES string of the molecule is COc1ccccc1C[NH]. The Labute approximate surface area is 60.6 Å². The number of para-hydroxylation sites is 1. The van der Waals surface area contributed by atoms with Gasteiger partial charge in [0.2, 0.25) is 0 Å². The summed E-state index contributed by atoms with van der Waals surface area (Å²) in [5.74, 6) is 0.803. The third-order valence-corrected chi connectivity index (χ3v) is 1.38. The molecule has 0 bridgehead atoms. The van der Waals surface area contributed by atoms with Gasteiger partial charge < -0.3 is 4.74 Å². The van der Waals surface area contributed by atoms with E-state index in [1.165, 1.54) is 0 Å². The van der Waals surface area contributed by atoms with Gasteiger partial charge in [0, 0.05) is 12.1 Å². The molecule has 0 aliphatic heterocycles. The summed E-state index contributed by atoms with van der Waals surface area (Å²) in [5, 5.41) is 0. The maximum Gasteiger partial charge on any atom is 0.123 e. The molecule has 0 aliphatic carbocycles. The summed E-state index contributed by atoms with van der Waals surface area (Å²) in [6, 6.07) is 7.57. The molecule has 2 heteroatoms. The zero-order chi connectivity index (χ0) is 7.40. The summed E-state index contributed by atoms with van der Waals surface area (Å²) >= 11 is 0. The van der Waals surface area contributed by atoms with Gasteiger partial charge in [0.25, 0.3) is 0 Å². The molecule has 0 spiro atoms. The molecule has 1 aromatic carbocycles. The molecule has 0 amide bonds. The van der Waals surface area contributed by atoms with Gasteiger partial charge >= 0.3 is 0 Å². The van der Waals surface area contributed by atoms with Crippen LogP contribution in [-0.2, 0) is 6.54 Å². The molecule has 0 aromatic heterocycles. The molecule has 0 unspecified atom stereocenters. The van der Waals surface area contributed by atoms with E-state index in [9.17, 15) is 0 Å². The average molecular weight is 136 g/mol. The van der Waals surface area contributed by atoms with E-state index in [1.807, 2.05) is 24.3 Å². The topological polar surface area (TPSA) is 33.0 Å². The van der Waals surface area contributed by atoms with Crippen LogP contribution in [0.15, 0.2) is 24.3 Å². The van der Waals surface area contributed by atoms with Crippen molar-refractivity contribution in [3.05, 3.63) is 29.8 Å². The molecular weight excluding hydrogens is 126 g/mol. The van der Waals surface area contributed by atoms with E-state index < -0.39 is 0 Å². The van der Waals surface area contributed by atoms with Gasteiger partial charge in [-0.05, 0) is 6.07 Å². The molecule has 1 rings (SSSR count). The van der Waals surface area contributed by atoms with E-state index >= 15 is 0 Å². The second-order valence-corrected chi connectivity index (χ2v) is 1.99. The highest BCUT2D eigenvalue weighted by Gasteiger charge is 1.96. The largest absolute Gasteiger partial charge is 0.496 e. The maximum atomic E-state index is 7.11. The van der Waals surface area contributed by atoms with Gasteiger partial charge in [-0.2, -0.15) is 0 Å². The van der Waals surface area contributed by atoms with Crippen LogP contribution >= 0.6 is 0 Å². The van der Waals surface area contributed by atoms with Crippen molar-refractivity contribution in [3.63, 3.8) is 0 Å². The first kappa shape index (κ1) is 7.09. The van der Waals surface area contributed by atoms with E-state index in [-0.39, 0.29) is 6.54 Å². The predicted molar refractivity (Wildman–Crippen MR) is 39.8 cm³/mol. The quantitative estimate of drug-likeness (QED) is 0.606. The van der Waals surface area contributed by atoms with Crippen molar-refractivity contribution < 1.29 is 4.74 Å². The van der Waals surface area contributed by atoms with Gasteiger partial charge in [0.1, 0.15) is 5.75 Å². The Morgan fingerprint density at radius 3 is 2.60 bits per heavy atom. The second-order valence-electron chi connectivity index (χ2n) is 1.99. The van der Waals surface area contributed by atoms with E-state index in [2.05, 4.69) is 0 Å². The lowest BCUT2D eigenvalue weighted by Crippen LogP contribution is -1.90. The van der Waals surface area contributed by atoms with E-state index in [4.69, 9.17) is 10.5 Å². The van der Waals surface area contributed by atoms with Crippen LogP contribution in [0.5, 0.6) is 5.75 Å². The van der Waals surface area contributed by atoms with Crippen LogP contribution in [0.25, 0.3) is 0 Å². The molecule has 0 atom stereocenters. The first-order valence-corrected chi connectivity index (χ1v) is 3.15. The molecule has 0 saturated heterocycles. The highest BCUT2D eigenvalue weighted by Crippen LogP contribution is 2.15. The van der Waals surface area contributed by atoms with Gasteiger partial charge in [-0.3, -0.25) is 5.73 Å². The molecule has 10 heavy (non-hydrogen) atoms. The molecule has 1 radical (unpaired) electrons. The van der Waals surface area contributed by atoms with Crippen molar-refractivity contribution >= 4 is 0 Å². The summed E-state index contributed by atoms with van der Waals surface area (Å²) in [6.45, 7) is 0.282. The molecule has 0 fully saturated rings. The van der Waals surface area contributed by atoms with Gasteiger partial charge in [0.05, 0.1) is 7.11 Å². The van der Waals surface area contributed by atoms with Gasteiger partial charge in [-0.15, -0.1) is 0 Å². The van der Waals surface area contributed by atoms with Gasteiger partial charge in [-0.25, -0.2) is 0 Å². The summed E-state index contributed by atoms with van der Waals surface area (Å²) in [7, 11) is 1.62. The van der Waals surface area contributed by atoms with Crippen molar-refractivity contribution in [1.82, 2.24) is 5.73 Å². The zero-order valence-electron chi connectivity index (χ0n) is 5.92. The highest BCUT2D eigenvalue weighted by atomic mass is 16.5. The summed E-state index contributed by atoms with van der Waals surface area (Å²) in [4.78, 5) is 0. The second kappa shape index (κ2) is 3.22. The third kappa shape index (κ3) is 1.28. The Kier molecular flexibility index (Phi) is 2.29. The number of methoxy groups -OCH3 is 1. The number of ether oxygens (including phenoxy) is 1.